The molecule has 1 fully saturated rings. The molecule has 1 aliphatic heterocycles. The minimum absolute atomic E-state index is 0.00532. The van der Waals surface area contributed by atoms with Crippen molar-refractivity contribution in [2.24, 2.45) is 5.73 Å². The number of rotatable bonds is 4. The summed E-state index contributed by atoms with van der Waals surface area (Å²) in [7, 11) is 1.69. The molecule has 1 aliphatic rings. The van der Waals surface area contributed by atoms with E-state index in [4.69, 9.17) is 15.2 Å². The highest BCUT2D eigenvalue weighted by Crippen LogP contribution is 2.31. The predicted molar refractivity (Wildman–Crippen MR) is 76.4 cm³/mol. The zero-order valence-corrected chi connectivity index (χ0v) is 12.1. The lowest BCUT2D eigenvalue weighted by molar-refractivity contribution is -0.0712. The lowest BCUT2D eigenvalue weighted by Gasteiger charge is -2.46. The molecule has 2 N–H and O–H groups in total. The zero-order chi connectivity index (χ0) is 13.9. The second kappa shape index (κ2) is 5.90. The first-order chi connectivity index (χ1) is 9.08. The van der Waals surface area contributed by atoms with E-state index in [1.165, 1.54) is 5.56 Å². The molecule has 106 valence electrons. The molecule has 1 heterocycles. The molecule has 4 nitrogen and oxygen atoms in total. The molecule has 0 radical (unpaired) electrons. The summed E-state index contributed by atoms with van der Waals surface area (Å²) >= 11 is 0. The van der Waals surface area contributed by atoms with Crippen molar-refractivity contribution in [3.05, 3.63) is 29.8 Å². The van der Waals surface area contributed by atoms with Crippen LogP contribution in [0.25, 0.3) is 0 Å². The fraction of sp³-hybridized carbons (Fsp3) is 0.600. The third kappa shape index (κ3) is 3.08. The molecular weight excluding hydrogens is 240 g/mol. The van der Waals surface area contributed by atoms with E-state index in [1.54, 1.807) is 7.11 Å². The van der Waals surface area contributed by atoms with Crippen molar-refractivity contribution >= 4 is 0 Å². The van der Waals surface area contributed by atoms with Crippen LogP contribution in [0, 0.1) is 0 Å². The van der Waals surface area contributed by atoms with Crippen LogP contribution < -0.4 is 10.5 Å². The number of hydrogen-bond acceptors (Lipinski definition) is 4. The normalized spacial score (nSPS) is 21.1. The first-order valence-electron chi connectivity index (χ1n) is 6.77. The Kier molecular flexibility index (Phi) is 4.45. The smallest absolute Gasteiger partial charge is 0.119 e. The number of nitrogens with zero attached hydrogens (tertiary/aromatic N) is 1. The van der Waals surface area contributed by atoms with E-state index in [1.807, 2.05) is 12.1 Å². The van der Waals surface area contributed by atoms with Crippen LogP contribution in [0.1, 0.15) is 25.5 Å². The molecule has 0 aliphatic carbocycles. The molecule has 0 bridgehead atoms. The molecule has 0 spiro atoms. The Labute approximate surface area is 115 Å². The van der Waals surface area contributed by atoms with Crippen LogP contribution in [0.4, 0.5) is 0 Å². The van der Waals surface area contributed by atoms with Crippen molar-refractivity contribution in [3.8, 4) is 5.75 Å². The molecule has 4 heteroatoms. The molecule has 1 atom stereocenters. The SMILES string of the molecule is COc1cccc(C(CN)N2CCOCC2(C)C)c1. The van der Waals surface area contributed by atoms with E-state index in [9.17, 15) is 0 Å². The Morgan fingerprint density at radius 3 is 2.89 bits per heavy atom. The average molecular weight is 264 g/mol. The van der Waals surface area contributed by atoms with Gasteiger partial charge < -0.3 is 15.2 Å². The molecule has 1 saturated heterocycles. The molecule has 0 saturated carbocycles. The van der Waals surface area contributed by atoms with Crippen molar-refractivity contribution in [1.82, 2.24) is 4.90 Å². The first-order valence-corrected chi connectivity index (χ1v) is 6.77. The van der Waals surface area contributed by atoms with Crippen molar-refractivity contribution in [2.75, 3.05) is 33.4 Å². The molecule has 0 aromatic heterocycles. The largest absolute Gasteiger partial charge is 0.497 e. The van der Waals surface area contributed by atoms with Gasteiger partial charge in [-0.2, -0.15) is 0 Å². The summed E-state index contributed by atoms with van der Waals surface area (Å²) in [5, 5.41) is 0. The van der Waals surface area contributed by atoms with Gasteiger partial charge in [0.25, 0.3) is 0 Å². The van der Waals surface area contributed by atoms with Gasteiger partial charge in [-0.3, -0.25) is 4.90 Å². The van der Waals surface area contributed by atoms with E-state index >= 15 is 0 Å². The molecule has 1 aromatic rings. The summed E-state index contributed by atoms with van der Waals surface area (Å²) in [5.41, 5.74) is 7.24. The van der Waals surface area contributed by atoms with Gasteiger partial charge in [-0.15, -0.1) is 0 Å². The van der Waals surface area contributed by atoms with Gasteiger partial charge in [0.15, 0.2) is 0 Å². The van der Waals surface area contributed by atoms with Crippen LogP contribution in [0.5, 0.6) is 5.75 Å². The summed E-state index contributed by atoms with van der Waals surface area (Å²) in [6, 6.07) is 8.37. The lowest BCUT2D eigenvalue weighted by Crippen LogP contribution is -2.55. The van der Waals surface area contributed by atoms with Gasteiger partial charge in [0.05, 0.1) is 20.3 Å². The van der Waals surface area contributed by atoms with Crippen molar-refractivity contribution in [2.45, 2.75) is 25.4 Å². The molecule has 0 amide bonds. The van der Waals surface area contributed by atoms with E-state index in [-0.39, 0.29) is 11.6 Å². The van der Waals surface area contributed by atoms with Gasteiger partial charge in [0.1, 0.15) is 5.75 Å². The van der Waals surface area contributed by atoms with E-state index in [0.29, 0.717) is 6.54 Å². The highest BCUT2D eigenvalue weighted by Gasteiger charge is 2.35. The summed E-state index contributed by atoms with van der Waals surface area (Å²) < 4.78 is 10.9. The fourth-order valence-electron chi connectivity index (χ4n) is 2.74. The molecule has 2 rings (SSSR count). The number of methoxy groups -OCH3 is 1. The van der Waals surface area contributed by atoms with E-state index in [2.05, 4.69) is 30.9 Å². The van der Waals surface area contributed by atoms with Crippen LogP contribution in [0.3, 0.4) is 0 Å². The van der Waals surface area contributed by atoms with E-state index in [0.717, 1.165) is 25.5 Å². The Morgan fingerprint density at radius 2 is 2.26 bits per heavy atom. The van der Waals surface area contributed by atoms with Crippen molar-refractivity contribution in [3.63, 3.8) is 0 Å². The Balaban J connectivity index is 2.27. The summed E-state index contributed by atoms with van der Waals surface area (Å²) in [6.45, 7) is 7.42. The quantitative estimate of drug-likeness (QED) is 0.901. The maximum atomic E-state index is 6.02. The average Bonchev–Trinajstić information content (AvgIpc) is 2.41. The Morgan fingerprint density at radius 1 is 1.47 bits per heavy atom. The Bertz CT molecular complexity index is 420. The first kappa shape index (κ1) is 14.3. The maximum Gasteiger partial charge on any atom is 0.119 e. The number of morpholine rings is 1. The Hall–Kier alpha value is -1.10. The van der Waals surface area contributed by atoms with Gasteiger partial charge in [-0.05, 0) is 31.5 Å². The number of nitrogens with two attached hydrogens (primary N) is 1. The van der Waals surface area contributed by atoms with Crippen LogP contribution in [-0.4, -0.2) is 43.9 Å². The van der Waals surface area contributed by atoms with Gasteiger partial charge in [0.2, 0.25) is 0 Å². The van der Waals surface area contributed by atoms with Crippen LogP contribution >= 0.6 is 0 Å². The molecule has 1 aromatic carbocycles. The predicted octanol–water partition coefficient (Wildman–Crippen LogP) is 1.81. The van der Waals surface area contributed by atoms with Crippen LogP contribution in [-0.2, 0) is 4.74 Å². The van der Waals surface area contributed by atoms with Crippen LogP contribution in [0.15, 0.2) is 24.3 Å². The highest BCUT2D eigenvalue weighted by atomic mass is 16.5. The van der Waals surface area contributed by atoms with Crippen LogP contribution in [0.2, 0.25) is 0 Å². The summed E-state index contributed by atoms with van der Waals surface area (Å²) in [6.07, 6.45) is 0. The monoisotopic (exact) mass is 264 g/mol. The lowest BCUT2D eigenvalue weighted by atomic mass is 9.95. The fourth-order valence-corrected chi connectivity index (χ4v) is 2.74. The molecule has 1 unspecified atom stereocenters. The number of benzene rings is 1. The maximum absolute atomic E-state index is 6.02. The van der Waals surface area contributed by atoms with Gasteiger partial charge >= 0.3 is 0 Å². The topological polar surface area (TPSA) is 47.7 Å². The second-order valence-electron chi connectivity index (χ2n) is 5.59. The van der Waals surface area contributed by atoms with Gasteiger partial charge in [0, 0.05) is 24.7 Å². The number of ether oxygens (including phenoxy) is 2. The molecule has 19 heavy (non-hydrogen) atoms. The van der Waals surface area contributed by atoms with E-state index < -0.39 is 0 Å². The van der Waals surface area contributed by atoms with Crippen molar-refractivity contribution in [1.29, 1.82) is 0 Å². The number of hydrogen-bond donors (Lipinski definition) is 1. The zero-order valence-electron chi connectivity index (χ0n) is 12.1. The molecular formula is C15H24N2O2. The third-order valence-electron chi connectivity index (χ3n) is 3.79. The van der Waals surface area contributed by atoms with Gasteiger partial charge in [-0.25, -0.2) is 0 Å². The van der Waals surface area contributed by atoms with Gasteiger partial charge in [-0.1, -0.05) is 12.1 Å². The minimum Gasteiger partial charge on any atom is -0.497 e. The van der Waals surface area contributed by atoms with Crippen molar-refractivity contribution < 1.29 is 9.47 Å². The second-order valence-corrected chi connectivity index (χ2v) is 5.59. The summed E-state index contributed by atoms with van der Waals surface area (Å²) in [5.74, 6) is 0.877. The standard InChI is InChI=1S/C15H24N2O2/c1-15(2)11-19-8-7-17(15)14(10-16)12-5-4-6-13(9-12)18-3/h4-6,9,14H,7-8,10-11,16H2,1-3H3. The minimum atomic E-state index is 0.00532. The highest BCUT2D eigenvalue weighted by molar-refractivity contribution is 5.31. The summed E-state index contributed by atoms with van der Waals surface area (Å²) in [4.78, 5) is 2.44. The third-order valence-corrected chi connectivity index (χ3v) is 3.79.